The third-order valence-electron chi connectivity index (χ3n) is 2.60. The van der Waals surface area contributed by atoms with Gasteiger partial charge in [-0.2, -0.15) is 0 Å². The molecule has 1 unspecified atom stereocenters. The van der Waals surface area contributed by atoms with Crippen molar-refractivity contribution in [2.45, 2.75) is 13.0 Å². The van der Waals surface area contributed by atoms with Crippen LogP contribution in [0.2, 0.25) is 5.02 Å². The van der Waals surface area contributed by atoms with Crippen LogP contribution < -0.4 is 5.32 Å². The summed E-state index contributed by atoms with van der Waals surface area (Å²) in [7, 11) is 0. The van der Waals surface area contributed by atoms with E-state index in [0.29, 0.717) is 0 Å². The molecule has 2 nitrogen and oxygen atoms in total. The van der Waals surface area contributed by atoms with E-state index in [9.17, 15) is 0 Å². The first kappa shape index (κ1) is 12.1. The van der Waals surface area contributed by atoms with Gasteiger partial charge in [0.2, 0.25) is 0 Å². The Kier molecular flexibility index (Phi) is 4.13. The third kappa shape index (κ3) is 3.05. The van der Waals surface area contributed by atoms with Gasteiger partial charge in [0.25, 0.3) is 0 Å². The summed E-state index contributed by atoms with van der Waals surface area (Å²) in [6, 6.07) is 14.0. The minimum Gasteiger partial charge on any atom is -0.305 e. The molecule has 17 heavy (non-hydrogen) atoms. The Labute approximate surface area is 107 Å². The molecule has 0 aliphatic carbocycles. The second-order valence-corrected chi connectivity index (χ2v) is 4.23. The summed E-state index contributed by atoms with van der Waals surface area (Å²) in [5.74, 6) is 0. The molecule has 0 fully saturated rings. The molecule has 88 valence electrons. The van der Waals surface area contributed by atoms with Gasteiger partial charge in [0.05, 0.1) is 11.7 Å². The van der Waals surface area contributed by atoms with Gasteiger partial charge < -0.3 is 5.32 Å². The highest BCUT2D eigenvalue weighted by Crippen LogP contribution is 2.21. The van der Waals surface area contributed by atoms with Crippen LogP contribution in [0.15, 0.2) is 48.7 Å². The second kappa shape index (κ2) is 5.80. The molecule has 0 bridgehead atoms. The molecule has 0 saturated carbocycles. The Morgan fingerprint density at radius 1 is 1.18 bits per heavy atom. The van der Waals surface area contributed by atoms with E-state index < -0.39 is 0 Å². The summed E-state index contributed by atoms with van der Waals surface area (Å²) in [6.45, 7) is 2.98. The Morgan fingerprint density at radius 3 is 2.53 bits per heavy atom. The van der Waals surface area contributed by atoms with E-state index in [1.165, 1.54) is 5.56 Å². The van der Waals surface area contributed by atoms with Crippen molar-refractivity contribution >= 4 is 11.6 Å². The lowest BCUT2D eigenvalue weighted by atomic mass is 10.0. The highest BCUT2D eigenvalue weighted by Gasteiger charge is 2.13. The van der Waals surface area contributed by atoms with E-state index in [0.717, 1.165) is 17.3 Å². The number of hydrogen-bond donors (Lipinski definition) is 1. The molecule has 2 rings (SSSR count). The summed E-state index contributed by atoms with van der Waals surface area (Å²) in [5, 5.41) is 4.18. The van der Waals surface area contributed by atoms with Crippen molar-refractivity contribution in [1.29, 1.82) is 0 Å². The van der Waals surface area contributed by atoms with Crippen molar-refractivity contribution < 1.29 is 0 Å². The quantitative estimate of drug-likeness (QED) is 0.894. The number of halogens is 1. The van der Waals surface area contributed by atoms with Crippen LogP contribution in [0.5, 0.6) is 0 Å². The molecular formula is C14H15ClN2. The van der Waals surface area contributed by atoms with Gasteiger partial charge in [-0.3, -0.25) is 4.98 Å². The molecule has 0 radical (unpaired) electrons. The normalized spacial score (nSPS) is 12.4. The number of rotatable bonds is 4. The standard InChI is InChI=1S/C14H15ClN2/c1-2-16-14(13-5-3-4-10-17-13)11-6-8-12(15)9-7-11/h3-10,14,16H,2H2,1H3. The summed E-state index contributed by atoms with van der Waals surface area (Å²) >= 11 is 5.90. The predicted octanol–water partition coefficient (Wildman–Crippen LogP) is 3.43. The molecule has 3 heteroatoms. The lowest BCUT2D eigenvalue weighted by Gasteiger charge is -2.17. The van der Waals surface area contributed by atoms with Crippen molar-refractivity contribution in [2.24, 2.45) is 0 Å². The fourth-order valence-electron chi connectivity index (χ4n) is 1.80. The highest BCUT2D eigenvalue weighted by molar-refractivity contribution is 6.30. The molecule has 0 amide bonds. The molecule has 1 N–H and O–H groups in total. The van der Waals surface area contributed by atoms with Crippen molar-refractivity contribution in [3.8, 4) is 0 Å². The maximum absolute atomic E-state index is 5.90. The smallest absolute Gasteiger partial charge is 0.0751 e. The first-order valence-corrected chi connectivity index (χ1v) is 6.09. The zero-order valence-electron chi connectivity index (χ0n) is 9.73. The van der Waals surface area contributed by atoms with Crippen LogP contribution in [-0.2, 0) is 0 Å². The number of nitrogens with zero attached hydrogens (tertiary/aromatic N) is 1. The Balaban J connectivity index is 2.32. The molecule has 0 aliphatic heterocycles. The van der Waals surface area contributed by atoms with E-state index >= 15 is 0 Å². The van der Waals surface area contributed by atoms with E-state index in [-0.39, 0.29) is 6.04 Å². The summed E-state index contributed by atoms with van der Waals surface area (Å²) in [4.78, 5) is 4.40. The molecule has 1 aromatic heterocycles. The average molecular weight is 247 g/mol. The van der Waals surface area contributed by atoms with Gasteiger partial charge in [0.1, 0.15) is 0 Å². The van der Waals surface area contributed by atoms with Crippen LogP contribution >= 0.6 is 11.6 Å². The average Bonchev–Trinajstić information content (AvgIpc) is 2.38. The molecule has 1 heterocycles. The Hall–Kier alpha value is -1.38. The van der Waals surface area contributed by atoms with Gasteiger partial charge in [-0.15, -0.1) is 0 Å². The largest absolute Gasteiger partial charge is 0.305 e. The minimum absolute atomic E-state index is 0.124. The number of nitrogens with one attached hydrogen (secondary N) is 1. The second-order valence-electron chi connectivity index (χ2n) is 3.80. The van der Waals surface area contributed by atoms with E-state index in [1.54, 1.807) is 0 Å². The zero-order valence-corrected chi connectivity index (χ0v) is 10.5. The van der Waals surface area contributed by atoms with Gasteiger partial charge in [-0.1, -0.05) is 36.7 Å². The Morgan fingerprint density at radius 2 is 1.94 bits per heavy atom. The predicted molar refractivity (Wildman–Crippen MR) is 71.2 cm³/mol. The SMILES string of the molecule is CCNC(c1ccc(Cl)cc1)c1ccccn1. The van der Waals surface area contributed by atoms with Crippen molar-refractivity contribution in [1.82, 2.24) is 10.3 Å². The fraction of sp³-hybridized carbons (Fsp3) is 0.214. The van der Waals surface area contributed by atoms with Gasteiger partial charge >= 0.3 is 0 Å². The molecule has 1 aromatic carbocycles. The lowest BCUT2D eigenvalue weighted by Crippen LogP contribution is -2.22. The van der Waals surface area contributed by atoms with Gasteiger partial charge in [-0.25, -0.2) is 0 Å². The van der Waals surface area contributed by atoms with E-state index in [1.807, 2.05) is 48.7 Å². The van der Waals surface area contributed by atoms with Crippen LogP contribution in [0.3, 0.4) is 0 Å². The summed E-state index contributed by atoms with van der Waals surface area (Å²) in [6.07, 6.45) is 1.82. The van der Waals surface area contributed by atoms with Crippen LogP contribution in [0.1, 0.15) is 24.2 Å². The first-order valence-electron chi connectivity index (χ1n) is 5.71. The van der Waals surface area contributed by atoms with Crippen molar-refractivity contribution in [2.75, 3.05) is 6.54 Å². The zero-order chi connectivity index (χ0) is 12.1. The Bertz CT molecular complexity index is 453. The fourth-order valence-corrected chi connectivity index (χ4v) is 1.93. The number of aromatic nitrogens is 1. The van der Waals surface area contributed by atoms with Gasteiger partial charge in [0, 0.05) is 11.2 Å². The molecule has 2 aromatic rings. The topological polar surface area (TPSA) is 24.9 Å². The minimum atomic E-state index is 0.124. The lowest BCUT2D eigenvalue weighted by molar-refractivity contribution is 0.615. The van der Waals surface area contributed by atoms with Crippen LogP contribution in [0, 0.1) is 0 Å². The first-order chi connectivity index (χ1) is 8.31. The van der Waals surface area contributed by atoms with Crippen LogP contribution in [0.4, 0.5) is 0 Å². The number of pyridine rings is 1. The molecule has 0 aliphatic rings. The summed E-state index contributed by atoms with van der Waals surface area (Å²) in [5.41, 5.74) is 2.20. The third-order valence-corrected chi connectivity index (χ3v) is 2.85. The maximum atomic E-state index is 5.90. The monoisotopic (exact) mass is 246 g/mol. The van der Waals surface area contributed by atoms with Crippen LogP contribution in [0.25, 0.3) is 0 Å². The van der Waals surface area contributed by atoms with Gasteiger partial charge in [0.15, 0.2) is 0 Å². The van der Waals surface area contributed by atoms with E-state index in [4.69, 9.17) is 11.6 Å². The van der Waals surface area contributed by atoms with Crippen molar-refractivity contribution in [3.63, 3.8) is 0 Å². The molecule has 0 saturated heterocycles. The molecular weight excluding hydrogens is 232 g/mol. The van der Waals surface area contributed by atoms with Crippen molar-refractivity contribution in [3.05, 3.63) is 64.9 Å². The van der Waals surface area contributed by atoms with Crippen LogP contribution in [-0.4, -0.2) is 11.5 Å². The highest BCUT2D eigenvalue weighted by atomic mass is 35.5. The molecule has 0 spiro atoms. The summed E-state index contributed by atoms with van der Waals surface area (Å²) < 4.78 is 0. The molecule has 1 atom stereocenters. The number of hydrogen-bond acceptors (Lipinski definition) is 2. The van der Waals surface area contributed by atoms with Gasteiger partial charge in [-0.05, 0) is 36.4 Å². The van der Waals surface area contributed by atoms with E-state index in [2.05, 4.69) is 17.2 Å². The number of benzene rings is 1. The maximum Gasteiger partial charge on any atom is 0.0751 e.